The first kappa shape index (κ1) is 10.9. The van der Waals surface area contributed by atoms with Crippen LogP contribution in [0, 0.1) is 11.7 Å². The van der Waals surface area contributed by atoms with Crippen LogP contribution in [0.2, 0.25) is 0 Å². The molecule has 1 aromatic heterocycles. The normalized spacial score (nSPS) is 10.6. The van der Waals surface area contributed by atoms with Crippen molar-refractivity contribution in [1.29, 1.82) is 0 Å². The number of hydrogen-bond acceptors (Lipinski definition) is 3. The molecule has 0 saturated carbocycles. The molecule has 0 unspecified atom stereocenters. The van der Waals surface area contributed by atoms with Gasteiger partial charge in [0.25, 0.3) is 0 Å². The number of aromatic hydroxyl groups is 1. The van der Waals surface area contributed by atoms with Gasteiger partial charge in [-0.3, -0.25) is 5.10 Å². The minimum absolute atomic E-state index is 0.272. The number of nitrogens with one attached hydrogen (secondary N) is 1. The quantitative estimate of drug-likeness (QED) is 0.787. The van der Waals surface area contributed by atoms with Crippen LogP contribution in [0.4, 0.5) is 0 Å². The van der Waals surface area contributed by atoms with Gasteiger partial charge < -0.3 is 9.67 Å². The van der Waals surface area contributed by atoms with Crippen LogP contribution >= 0.6 is 12.2 Å². The zero-order valence-corrected chi connectivity index (χ0v) is 10.0. The van der Waals surface area contributed by atoms with Gasteiger partial charge in [0, 0.05) is 12.1 Å². The molecule has 0 aliphatic rings. The van der Waals surface area contributed by atoms with Crippen molar-refractivity contribution in [3.05, 3.63) is 28.5 Å². The highest BCUT2D eigenvalue weighted by atomic mass is 32.1. The van der Waals surface area contributed by atoms with Gasteiger partial charge in [0.15, 0.2) is 10.6 Å². The fraction of sp³-hybridized carbons (Fsp3) is 0.273. The van der Waals surface area contributed by atoms with Crippen molar-refractivity contribution >= 4 is 12.2 Å². The Kier molecular flexibility index (Phi) is 2.78. The Morgan fingerprint density at radius 3 is 2.88 bits per heavy atom. The van der Waals surface area contributed by atoms with Crippen LogP contribution in [-0.2, 0) is 6.54 Å². The third-order valence-electron chi connectivity index (χ3n) is 2.54. The molecule has 2 N–H and O–H groups in total. The van der Waals surface area contributed by atoms with Gasteiger partial charge in [-0.05, 0) is 37.7 Å². The van der Waals surface area contributed by atoms with Crippen molar-refractivity contribution in [1.82, 2.24) is 14.8 Å². The lowest BCUT2D eigenvalue weighted by atomic mass is 10.1. The van der Waals surface area contributed by atoms with Gasteiger partial charge in [-0.1, -0.05) is 12.1 Å². The maximum Gasteiger partial charge on any atom is 0.195 e. The van der Waals surface area contributed by atoms with E-state index >= 15 is 0 Å². The summed E-state index contributed by atoms with van der Waals surface area (Å²) in [6.45, 7) is 4.61. The third-order valence-corrected chi connectivity index (χ3v) is 2.85. The summed E-state index contributed by atoms with van der Waals surface area (Å²) in [6, 6.07) is 5.49. The maximum atomic E-state index is 9.66. The minimum atomic E-state index is 0.272. The van der Waals surface area contributed by atoms with E-state index in [9.17, 15) is 5.11 Å². The van der Waals surface area contributed by atoms with Gasteiger partial charge in [0.05, 0.1) is 0 Å². The Bertz CT molecular complexity index is 571. The van der Waals surface area contributed by atoms with Gasteiger partial charge in [-0.2, -0.15) is 5.10 Å². The summed E-state index contributed by atoms with van der Waals surface area (Å²) < 4.78 is 2.48. The number of aromatic amines is 1. The monoisotopic (exact) mass is 235 g/mol. The van der Waals surface area contributed by atoms with Gasteiger partial charge >= 0.3 is 0 Å². The number of nitrogens with zero attached hydrogens (tertiary/aromatic N) is 2. The van der Waals surface area contributed by atoms with Crippen LogP contribution < -0.4 is 0 Å². The maximum absolute atomic E-state index is 9.66. The first-order valence-electron chi connectivity index (χ1n) is 5.08. The molecule has 0 aliphatic carbocycles. The fourth-order valence-electron chi connectivity index (χ4n) is 1.58. The van der Waals surface area contributed by atoms with E-state index in [1.165, 1.54) is 0 Å². The van der Waals surface area contributed by atoms with Crippen LogP contribution in [0.15, 0.2) is 18.2 Å². The fourth-order valence-corrected chi connectivity index (χ4v) is 1.84. The molecule has 0 aliphatic heterocycles. The molecule has 0 fully saturated rings. The van der Waals surface area contributed by atoms with Crippen molar-refractivity contribution < 1.29 is 5.11 Å². The molecule has 0 radical (unpaired) electrons. The molecule has 5 heteroatoms. The molecule has 4 nitrogen and oxygen atoms in total. The predicted molar refractivity (Wildman–Crippen MR) is 64.9 cm³/mol. The zero-order valence-electron chi connectivity index (χ0n) is 9.19. The van der Waals surface area contributed by atoms with Crippen molar-refractivity contribution in [2.24, 2.45) is 0 Å². The highest BCUT2D eigenvalue weighted by Crippen LogP contribution is 2.24. The summed E-state index contributed by atoms with van der Waals surface area (Å²) in [4.78, 5) is 0. The number of benzene rings is 1. The topological polar surface area (TPSA) is 53.8 Å². The van der Waals surface area contributed by atoms with Gasteiger partial charge in [-0.25, -0.2) is 0 Å². The molecule has 84 valence electrons. The molecule has 1 heterocycles. The number of phenols is 1. The van der Waals surface area contributed by atoms with Crippen LogP contribution in [0.25, 0.3) is 11.4 Å². The highest BCUT2D eigenvalue weighted by molar-refractivity contribution is 7.71. The molecule has 0 atom stereocenters. The summed E-state index contributed by atoms with van der Waals surface area (Å²) in [5.41, 5.74) is 1.71. The van der Waals surface area contributed by atoms with E-state index in [4.69, 9.17) is 12.2 Å². The van der Waals surface area contributed by atoms with Crippen LogP contribution in [0.3, 0.4) is 0 Å². The highest BCUT2D eigenvalue weighted by Gasteiger charge is 2.08. The van der Waals surface area contributed by atoms with E-state index < -0.39 is 0 Å². The Morgan fingerprint density at radius 1 is 1.50 bits per heavy atom. The summed E-state index contributed by atoms with van der Waals surface area (Å²) in [6.07, 6.45) is 0. The molecule has 0 saturated heterocycles. The average Bonchev–Trinajstić information content (AvgIpc) is 2.63. The molecule has 2 aromatic rings. The summed E-state index contributed by atoms with van der Waals surface area (Å²) >= 11 is 5.11. The molecule has 0 spiro atoms. The third kappa shape index (κ3) is 1.74. The van der Waals surface area contributed by atoms with Crippen molar-refractivity contribution in [3.63, 3.8) is 0 Å². The Hall–Kier alpha value is -1.62. The van der Waals surface area contributed by atoms with E-state index in [1.54, 1.807) is 6.07 Å². The van der Waals surface area contributed by atoms with Crippen LogP contribution in [-0.4, -0.2) is 19.9 Å². The van der Waals surface area contributed by atoms with Crippen LogP contribution in [0.1, 0.15) is 12.5 Å². The van der Waals surface area contributed by atoms with Gasteiger partial charge in [0.2, 0.25) is 0 Å². The second-order valence-electron chi connectivity index (χ2n) is 3.60. The zero-order chi connectivity index (χ0) is 11.7. The van der Waals surface area contributed by atoms with Crippen molar-refractivity contribution in [3.8, 4) is 17.1 Å². The molecule has 1 aromatic carbocycles. The Morgan fingerprint density at radius 2 is 2.25 bits per heavy atom. The van der Waals surface area contributed by atoms with Gasteiger partial charge in [0.1, 0.15) is 5.75 Å². The van der Waals surface area contributed by atoms with Gasteiger partial charge in [-0.15, -0.1) is 0 Å². The van der Waals surface area contributed by atoms with E-state index in [2.05, 4.69) is 10.2 Å². The van der Waals surface area contributed by atoms with E-state index in [0.29, 0.717) is 4.77 Å². The van der Waals surface area contributed by atoms with E-state index in [1.807, 2.05) is 30.5 Å². The number of H-pyrrole nitrogens is 1. The average molecular weight is 235 g/mol. The number of phenolic OH excluding ortho intramolecular Hbond substituents is 1. The number of aryl methyl sites for hydroxylation is 1. The summed E-state index contributed by atoms with van der Waals surface area (Å²) in [7, 11) is 0. The predicted octanol–water partition coefficient (Wildman–Crippen LogP) is 2.64. The van der Waals surface area contributed by atoms with E-state index in [0.717, 1.165) is 23.5 Å². The lowest BCUT2D eigenvalue weighted by molar-refractivity contribution is 0.471. The summed E-state index contributed by atoms with van der Waals surface area (Å²) in [5, 5.41) is 16.6. The molecular weight excluding hydrogens is 222 g/mol. The molecule has 0 bridgehead atoms. The Labute approximate surface area is 98.6 Å². The standard InChI is InChI=1S/C11H13N3OS/c1-3-14-10(12-13-11(14)16)8-5-4-7(2)9(15)6-8/h4-6,15H,3H2,1-2H3,(H,13,16). The second-order valence-corrected chi connectivity index (χ2v) is 3.98. The smallest absolute Gasteiger partial charge is 0.195 e. The minimum Gasteiger partial charge on any atom is -0.508 e. The SMILES string of the molecule is CCn1c(-c2ccc(C)c(O)c2)n[nH]c1=S. The second kappa shape index (κ2) is 4.09. The molecule has 2 rings (SSSR count). The molecular formula is C11H13N3OS. The molecule has 0 amide bonds. The lowest BCUT2D eigenvalue weighted by Crippen LogP contribution is -1.97. The van der Waals surface area contributed by atoms with Crippen molar-refractivity contribution in [2.75, 3.05) is 0 Å². The first-order valence-corrected chi connectivity index (χ1v) is 5.49. The van der Waals surface area contributed by atoms with E-state index in [-0.39, 0.29) is 5.75 Å². The summed E-state index contributed by atoms with van der Waals surface area (Å²) in [5.74, 6) is 1.02. The van der Waals surface area contributed by atoms with Crippen molar-refractivity contribution in [2.45, 2.75) is 20.4 Å². The number of aromatic nitrogens is 3. The van der Waals surface area contributed by atoms with Crippen LogP contribution in [0.5, 0.6) is 5.75 Å². The largest absolute Gasteiger partial charge is 0.508 e. The first-order chi connectivity index (χ1) is 7.63. The number of hydrogen-bond donors (Lipinski definition) is 2. The molecule has 16 heavy (non-hydrogen) atoms. The Balaban J connectivity index is 2.58. The number of rotatable bonds is 2. The lowest BCUT2D eigenvalue weighted by Gasteiger charge is -2.05.